The fourth-order valence-electron chi connectivity index (χ4n) is 1.86. The van der Waals surface area contributed by atoms with Crippen LogP contribution in [0.25, 0.3) is 0 Å². The van der Waals surface area contributed by atoms with E-state index in [0.29, 0.717) is 10.0 Å². The van der Waals surface area contributed by atoms with Crippen molar-refractivity contribution < 1.29 is 0 Å². The maximum absolute atomic E-state index is 6.14. The van der Waals surface area contributed by atoms with E-state index in [2.05, 4.69) is 9.55 Å². The van der Waals surface area contributed by atoms with Crippen molar-refractivity contribution in [3.8, 4) is 0 Å². The fraction of sp³-hybridized carbons (Fsp3) is 0.308. The summed E-state index contributed by atoms with van der Waals surface area (Å²) < 4.78 is 2.05. The third-order valence-electron chi connectivity index (χ3n) is 2.85. The molecule has 0 spiro atoms. The average molecular weight is 284 g/mol. The third-order valence-corrected chi connectivity index (χ3v) is 3.44. The van der Waals surface area contributed by atoms with Crippen LogP contribution in [0.1, 0.15) is 24.2 Å². The molecule has 0 bridgehead atoms. The fourth-order valence-corrected chi connectivity index (χ4v) is 2.37. The topological polar surface area (TPSA) is 43.8 Å². The van der Waals surface area contributed by atoms with Crippen molar-refractivity contribution in [1.29, 1.82) is 0 Å². The summed E-state index contributed by atoms with van der Waals surface area (Å²) in [5, 5.41) is 1.35. The monoisotopic (exact) mass is 283 g/mol. The lowest BCUT2D eigenvalue weighted by Gasteiger charge is -2.11. The summed E-state index contributed by atoms with van der Waals surface area (Å²) in [5.74, 6) is 0. The quantitative estimate of drug-likeness (QED) is 0.934. The maximum atomic E-state index is 6.14. The first kappa shape index (κ1) is 13.4. The van der Waals surface area contributed by atoms with Gasteiger partial charge in [-0.05, 0) is 31.0 Å². The number of rotatable bonds is 4. The summed E-state index contributed by atoms with van der Waals surface area (Å²) in [4.78, 5) is 4.12. The second-order valence-corrected chi connectivity index (χ2v) is 5.13. The van der Waals surface area contributed by atoms with E-state index in [9.17, 15) is 0 Å². The first-order valence-corrected chi connectivity index (χ1v) is 6.53. The van der Waals surface area contributed by atoms with E-state index in [1.807, 2.05) is 19.1 Å². The molecule has 0 fully saturated rings. The van der Waals surface area contributed by atoms with Gasteiger partial charge in [0.15, 0.2) is 0 Å². The Kier molecular flexibility index (Phi) is 4.27. The van der Waals surface area contributed by atoms with Gasteiger partial charge in [0.1, 0.15) is 0 Å². The van der Waals surface area contributed by atoms with Crippen LogP contribution in [0.2, 0.25) is 10.0 Å². The molecule has 0 amide bonds. The Bertz CT molecular complexity index is 535. The molecule has 3 nitrogen and oxygen atoms in total. The van der Waals surface area contributed by atoms with Crippen molar-refractivity contribution in [2.75, 3.05) is 0 Å². The number of aryl methyl sites for hydroxylation is 2. The second-order valence-electron chi connectivity index (χ2n) is 4.29. The van der Waals surface area contributed by atoms with Crippen LogP contribution in [0.3, 0.4) is 0 Å². The lowest BCUT2D eigenvalue weighted by Crippen LogP contribution is -2.12. The molecule has 18 heavy (non-hydrogen) atoms. The van der Waals surface area contributed by atoms with Crippen molar-refractivity contribution in [3.63, 3.8) is 0 Å². The predicted octanol–water partition coefficient (Wildman–Crippen LogP) is 3.45. The zero-order valence-corrected chi connectivity index (χ0v) is 11.6. The predicted molar refractivity (Wildman–Crippen MR) is 75.0 cm³/mol. The molecule has 0 saturated heterocycles. The second kappa shape index (κ2) is 5.74. The van der Waals surface area contributed by atoms with Crippen molar-refractivity contribution in [2.45, 2.75) is 25.9 Å². The molecule has 1 atom stereocenters. The Hall–Kier alpha value is -1.03. The molecule has 2 aromatic rings. The first-order valence-electron chi connectivity index (χ1n) is 5.77. The molecule has 1 aromatic carbocycles. The third kappa shape index (κ3) is 3.05. The summed E-state index contributed by atoms with van der Waals surface area (Å²) in [7, 11) is 0. The summed E-state index contributed by atoms with van der Waals surface area (Å²) in [5.41, 5.74) is 7.98. The number of hydrogen-bond donors (Lipinski definition) is 1. The van der Waals surface area contributed by atoms with Gasteiger partial charge in [-0.1, -0.05) is 29.3 Å². The van der Waals surface area contributed by atoms with E-state index < -0.39 is 0 Å². The number of halogens is 2. The van der Waals surface area contributed by atoms with Crippen molar-refractivity contribution in [3.05, 3.63) is 52.0 Å². The molecule has 0 aliphatic heterocycles. The van der Waals surface area contributed by atoms with Crippen molar-refractivity contribution in [1.82, 2.24) is 9.55 Å². The number of hydrogen-bond acceptors (Lipinski definition) is 2. The van der Waals surface area contributed by atoms with Crippen LogP contribution >= 0.6 is 23.2 Å². The summed E-state index contributed by atoms with van der Waals surface area (Å²) in [6, 6.07) is 5.54. The Morgan fingerprint density at radius 2 is 2.17 bits per heavy atom. The number of benzene rings is 1. The Morgan fingerprint density at radius 1 is 1.39 bits per heavy atom. The molecule has 2 N–H and O–H groups in total. The molecule has 0 unspecified atom stereocenters. The van der Waals surface area contributed by atoms with Gasteiger partial charge < -0.3 is 10.3 Å². The van der Waals surface area contributed by atoms with Crippen LogP contribution in [0, 0.1) is 0 Å². The highest BCUT2D eigenvalue weighted by atomic mass is 35.5. The highest BCUT2D eigenvalue weighted by Crippen LogP contribution is 2.22. The standard InChI is InChI=1S/C13H15Cl2N3/c1-9(16)13-7-17-8-18(13)5-4-10-2-3-11(14)6-12(10)15/h2-3,6-9H,4-5,16H2,1H3/t9-/m1/s1. The Balaban J connectivity index is 2.09. The van der Waals surface area contributed by atoms with Gasteiger partial charge >= 0.3 is 0 Å². The minimum atomic E-state index is -0.0202. The van der Waals surface area contributed by atoms with Crippen LogP contribution in [-0.4, -0.2) is 9.55 Å². The molecular weight excluding hydrogens is 269 g/mol. The molecule has 1 aromatic heterocycles. The van der Waals surface area contributed by atoms with Gasteiger partial charge in [0, 0.05) is 28.8 Å². The highest BCUT2D eigenvalue weighted by molar-refractivity contribution is 6.35. The van der Waals surface area contributed by atoms with E-state index in [0.717, 1.165) is 24.2 Å². The number of nitrogens with two attached hydrogens (primary N) is 1. The molecule has 0 saturated carbocycles. The summed E-state index contributed by atoms with van der Waals surface area (Å²) >= 11 is 12.0. The molecule has 0 aliphatic rings. The summed E-state index contributed by atoms with van der Waals surface area (Å²) in [6.07, 6.45) is 4.42. The average Bonchev–Trinajstić information content (AvgIpc) is 2.76. The Labute approximate surface area is 117 Å². The molecular formula is C13H15Cl2N3. The van der Waals surface area contributed by atoms with Gasteiger partial charge in [-0.2, -0.15) is 0 Å². The molecule has 2 rings (SSSR count). The largest absolute Gasteiger partial charge is 0.333 e. The normalized spacial score (nSPS) is 12.7. The number of aromatic nitrogens is 2. The minimum absolute atomic E-state index is 0.0202. The van der Waals surface area contributed by atoms with Crippen LogP contribution in [0.15, 0.2) is 30.7 Å². The van der Waals surface area contributed by atoms with Gasteiger partial charge in [-0.3, -0.25) is 0 Å². The van der Waals surface area contributed by atoms with Crippen LogP contribution in [0.5, 0.6) is 0 Å². The highest BCUT2D eigenvalue weighted by Gasteiger charge is 2.07. The van der Waals surface area contributed by atoms with Gasteiger partial charge in [0.25, 0.3) is 0 Å². The molecule has 5 heteroatoms. The van der Waals surface area contributed by atoms with E-state index in [1.165, 1.54) is 0 Å². The van der Waals surface area contributed by atoms with E-state index in [4.69, 9.17) is 28.9 Å². The van der Waals surface area contributed by atoms with Crippen molar-refractivity contribution in [2.24, 2.45) is 5.73 Å². The zero-order valence-electron chi connectivity index (χ0n) is 10.1. The molecule has 1 heterocycles. The Morgan fingerprint density at radius 3 is 2.83 bits per heavy atom. The SMILES string of the molecule is C[C@@H](N)c1cncn1CCc1ccc(Cl)cc1Cl. The van der Waals surface area contributed by atoms with Crippen LogP contribution in [-0.2, 0) is 13.0 Å². The first-order chi connectivity index (χ1) is 8.58. The summed E-state index contributed by atoms with van der Waals surface area (Å²) in [6.45, 7) is 2.75. The number of imidazole rings is 1. The van der Waals surface area contributed by atoms with Crippen LogP contribution in [0.4, 0.5) is 0 Å². The molecule has 0 aliphatic carbocycles. The van der Waals surface area contributed by atoms with E-state index >= 15 is 0 Å². The zero-order chi connectivity index (χ0) is 13.1. The molecule has 96 valence electrons. The lowest BCUT2D eigenvalue weighted by molar-refractivity contribution is 0.624. The maximum Gasteiger partial charge on any atom is 0.0948 e. The van der Waals surface area contributed by atoms with E-state index in [-0.39, 0.29) is 6.04 Å². The van der Waals surface area contributed by atoms with Crippen molar-refractivity contribution >= 4 is 23.2 Å². The van der Waals surface area contributed by atoms with E-state index in [1.54, 1.807) is 18.6 Å². The molecule has 0 radical (unpaired) electrons. The number of nitrogens with zero attached hydrogens (tertiary/aromatic N) is 2. The van der Waals surface area contributed by atoms with Gasteiger partial charge in [-0.15, -0.1) is 0 Å². The lowest BCUT2D eigenvalue weighted by atomic mass is 10.1. The minimum Gasteiger partial charge on any atom is -0.333 e. The van der Waals surface area contributed by atoms with Gasteiger partial charge in [0.2, 0.25) is 0 Å². The van der Waals surface area contributed by atoms with Crippen LogP contribution < -0.4 is 5.73 Å². The van der Waals surface area contributed by atoms with Gasteiger partial charge in [-0.25, -0.2) is 4.98 Å². The van der Waals surface area contributed by atoms with Gasteiger partial charge in [0.05, 0.1) is 12.0 Å². The smallest absolute Gasteiger partial charge is 0.0948 e.